The van der Waals surface area contributed by atoms with E-state index in [-0.39, 0.29) is 12.2 Å². The van der Waals surface area contributed by atoms with Gasteiger partial charge in [-0.3, -0.25) is 0 Å². The second-order valence-corrected chi connectivity index (χ2v) is 5.36. The molecular weight excluding hydrogens is 298 g/mol. The number of esters is 1. The number of aliphatic hydroxyl groups excluding tert-OH is 1. The molecule has 2 rings (SSSR count). The first-order valence-electron chi connectivity index (χ1n) is 5.75. The Labute approximate surface area is 125 Å². The number of hydrogen-bond acceptors (Lipinski definition) is 5. The van der Waals surface area contributed by atoms with Crippen LogP contribution in [0, 0.1) is 0 Å². The molecule has 1 aromatic carbocycles. The van der Waals surface area contributed by atoms with Gasteiger partial charge in [0.2, 0.25) is 0 Å². The highest BCUT2D eigenvalue weighted by Crippen LogP contribution is 2.23. The smallest absolute Gasteiger partial charge is 0.336 e. The van der Waals surface area contributed by atoms with Crippen LogP contribution in [0.3, 0.4) is 0 Å². The number of aliphatic hydroxyl groups is 1. The molecule has 0 spiro atoms. The minimum atomic E-state index is -1.13. The van der Waals surface area contributed by atoms with Gasteiger partial charge in [0.1, 0.15) is 17.7 Å². The standard InChI is InChI=1S/C14H12ClNO3S/c1-9(12(17)13-16-6-7-20-13)14(18)19-8-10-2-4-11(15)5-3-10/h2-7,12,17H,1,8H2. The highest BCUT2D eigenvalue weighted by molar-refractivity contribution is 7.09. The van der Waals surface area contributed by atoms with Crippen molar-refractivity contribution in [1.82, 2.24) is 4.98 Å². The molecule has 0 amide bonds. The Hall–Kier alpha value is -1.69. The van der Waals surface area contributed by atoms with Gasteiger partial charge < -0.3 is 9.84 Å². The molecule has 0 saturated carbocycles. The van der Waals surface area contributed by atoms with Crippen molar-refractivity contribution in [3.63, 3.8) is 0 Å². The molecule has 0 aliphatic carbocycles. The van der Waals surface area contributed by atoms with E-state index in [9.17, 15) is 9.90 Å². The molecule has 0 bridgehead atoms. The summed E-state index contributed by atoms with van der Waals surface area (Å²) in [5.41, 5.74) is 0.771. The number of carbonyl (C=O) groups excluding carboxylic acids is 1. The average Bonchev–Trinajstić information content (AvgIpc) is 2.99. The Morgan fingerprint density at radius 3 is 2.75 bits per heavy atom. The number of rotatable bonds is 5. The van der Waals surface area contributed by atoms with Crippen LogP contribution < -0.4 is 0 Å². The van der Waals surface area contributed by atoms with Gasteiger partial charge in [0.25, 0.3) is 0 Å². The van der Waals surface area contributed by atoms with Crippen molar-refractivity contribution in [2.45, 2.75) is 12.7 Å². The van der Waals surface area contributed by atoms with Gasteiger partial charge in [-0.15, -0.1) is 11.3 Å². The van der Waals surface area contributed by atoms with Gasteiger partial charge in [-0.2, -0.15) is 0 Å². The van der Waals surface area contributed by atoms with Crippen LogP contribution in [-0.2, 0) is 16.1 Å². The Balaban J connectivity index is 1.91. The molecule has 1 N–H and O–H groups in total. The normalized spacial score (nSPS) is 11.9. The molecule has 0 aliphatic rings. The van der Waals surface area contributed by atoms with Gasteiger partial charge in [-0.25, -0.2) is 9.78 Å². The molecule has 4 nitrogen and oxygen atoms in total. The quantitative estimate of drug-likeness (QED) is 0.681. The monoisotopic (exact) mass is 309 g/mol. The summed E-state index contributed by atoms with van der Waals surface area (Å²) in [4.78, 5) is 15.7. The van der Waals surface area contributed by atoms with Crippen molar-refractivity contribution >= 4 is 28.9 Å². The molecule has 104 valence electrons. The number of ether oxygens (including phenoxy) is 1. The molecule has 2 aromatic rings. The third-order valence-corrected chi connectivity index (χ3v) is 3.64. The van der Waals surface area contributed by atoms with Crippen molar-refractivity contribution in [2.75, 3.05) is 0 Å². The first kappa shape index (κ1) is 14.7. The van der Waals surface area contributed by atoms with E-state index in [1.807, 2.05) is 0 Å². The average molecular weight is 310 g/mol. The Bertz CT molecular complexity index is 595. The fourth-order valence-corrected chi connectivity index (χ4v) is 2.23. The summed E-state index contributed by atoms with van der Waals surface area (Å²) < 4.78 is 5.08. The topological polar surface area (TPSA) is 59.4 Å². The SMILES string of the molecule is C=C(C(=O)OCc1ccc(Cl)cc1)C(O)c1nccs1. The van der Waals surface area contributed by atoms with Crippen LogP contribution in [-0.4, -0.2) is 16.1 Å². The van der Waals surface area contributed by atoms with Gasteiger partial charge in [-0.1, -0.05) is 30.3 Å². The lowest BCUT2D eigenvalue weighted by Crippen LogP contribution is -2.13. The van der Waals surface area contributed by atoms with E-state index in [0.29, 0.717) is 10.0 Å². The first-order chi connectivity index (χ1) is 9.58. The van der Waals surface area contributed by atoms with E-state index < -0.39 is 12.1 Å². The van der Waals surface area contributed by atoms with E-state index >= 15 is 0 Å². The predicted molar refractivity (Wildman–Crippen MR) is 77.5 cm³/mol. The van der Waals surface area contributed by atoms with Gasteiger partial charge in [0.15, 0.2) is 0 Å². The second-order valence-electron chi connectivity index (χ2n) is 4.00. The minimum Gasteiger partial charge on any atom is -0.457 e. The first-order valence-corrected chi connectivity index (χ1v) is 7.01. The molecule has 0 fully saturated rings. The summed E-state index contributed by atoms with van der Waals surface area (Å²) in [5, 5.41) is 12.7. The van der Waals surface area contributed by atoms with Crippen LogP contribution >= 0.6 is 22.9 Å². The van der Waals surface area contributed by atoms with Crippen molar-refractivity contribution in [1.29, 1.82) is 0 Å². The van der Waals surface area contributed by atoms with Gasteiger partial charge >= 0.3 is 5.97 Å². The lowest BCUT2D eigenvalue weighted by molar-refractivity contribution is -0.141. The van der Waals surface area contributed by atoms with Crippen LogP contribution in [0.1, 0.15) is 16.7 Å². The fraction of sp³-hybridized carbons (Fsp3) is 0.143. The largest absolute Gasteiger partial charge is 0.457 e. The molecule has 1 unspecified atom stereocenters. The van der Waals surface area contributed by atoms with Crippen molar-refractivity contribution < 1.29 is 14.6 Å². The molecule has 1 aromatic heterocycles. The Morgan fingerprint density at radius 1 is 1.45 bits per heavy atom. The number of aromatic nitrogens is 1. The van der Waals surface area contributed by atoms with Gasteiger partial charge in [-0.05, 0) is 17.7 Å². The number of thiazole rings is 1. The number of nitrogens with zero attached hydrogens (tertiary/aromatic N) is 1. The summed E-state index contributed by atoms with van der Waals surface area (Å²) >= 11 is 7.01. The molecule has 0 radical (unpaired) electrons. The summed E-state index contributed by atoms with van der Waals surface area (Å²) in [6.45, 7) is 3.65. The van der Waals surface area contributed by atoms with E-state index in [0.717, 1.165) is 5.56 Å². The maximum atomic E-state index is 11.8. The lowest BCUT2D eigenvalue weighted by Gasteiger charge is -2.11. The van der Waals surface area contributed by atoms with Gasteiger partial charge in [0.05, 0.1) is 5.57 Å². The molecule has 6 heteroatoms. The maximum absolute atomic E-state index is 11.8. The maximum Gasteiger partial charge on any atom is 0.336 e. The van der Waals surface area contributed by atoms with Crippen molar-refractivity contribution in [3.05, 3.63) is 63.6 Å². The van der Waals surface area contributed by atoms with E-state index in [2.05, 4.69) is 11.6 Å². The second kappa shape index (κ2) is 6.65. The molecule has 1 atom stereocenters. The summed E-state index contributed by atoms with van der Waals surface area (Å²) in [7, 11) is 0. The molecule has 0 aliphatic heterocycles. The van der Waals surface area contributed by atoms with E-state index in [1.54, 1.807) is 35.8 Å². The highest BCUT2D eigenvalue weighted by Gasteiger charge is 2.21. The van der Waals surface area contributed by atoms with E-state index in [4.69, 9.17) is 16.3 Å². The zero-order valence-electron chi connectivity index (χ0n) is 10.5. The van der Waals surface area contributed by atoms with Crippen LogP contribution in [0.2, 0.25) is 5.02 Å². The number of halogens is 1. The van der Waals surface area contributed by atoms with Crippen molar-refractivity contribution in [3.8, 4) is 0 Å². The number of hydrogen-bond donors (Lipinski definition) is 1. The highest BCUT2D eigenvalue weighted by atomic mass is 35.5. The third-order valence-electron chi connectivity index (χ3n) is 2.56. The number of benzene rings is 1. The summed E-state index contributed by atoms with van der Waals surface area (Å²) in [6, 6.07) is 6.94. The Kier molecular flexibility index (Phi) is 4.89. The summed E-state index contributed by atoms with van der Waals surface area (Å²) in [5.74, 6) is -0.650. The predicted octanol–water partition coefficient (Wildman–Crippen LogP) is 3.13. The van der Waals surface area contributed by atoms with Crippen LogP contribution in [0.25, 0.3) is 0 Å². The van der Waals surface area contributed by atoms with Crippen LogP contribution in [0.4, 0.5) is 0 Å². The van der Waals surface area contributed by atoms with Crippen molar-refractivity contribution in [2.24, 2.45) is 0 Å². The lowest BCUT2D eigenvalue weighted by atomic mass is 10.2. The molecule has 20 heavy (non-hydrogen) atoms. The Morgan fingerprint density at radius 2 is 2.15 bits per heavy atom. The number of carbonyl (C=O) groups is 1. The zero-order valence-corrected chi connectivity index (χ0v) is 12.0. The summed E-state index contributed by atoms with van der Waals surface area (Å²) in [6.07, 6.45) is 0.419. The van der Waals surface area contributed by atoms with Crippen LogP contribution in [0.5, 0.6) is 0 Å². The molecule has 0 saturated heterocycles. The third kappa shape index (κ3) is 3.66. The molecular formula is C14H12ClNO3S. The van der Waals surface area contributed by atoms with E-state index in [1.165, 1.54) is 11.3 Å². The van der Waals surface area contributed by atoms with Crippen LogP contribution in [0.15, 0.2) is 48.0 Å². The van der Waals surface area contributed by atoms with Gasteiger partial charge in [0, 0.05) is 16.6 Å². The molecule has 1 heterocycles. The zero-order chi connectivity index (χ0) is 14.5. The minimum absolute atomic E-state index is 0.0334. The fourth-order valence-electron chi connectivity index (χ4n) is 1.45.